The van der Waals surface area contributed by atoms with Crippen molar-refractivity contribution in [3.63, 3.8) is 0 Å². The third-order valence-corrected chi connectivity index (χ3v) is 3.10. The number of aliphatic hydroxyl groups excluding tert-OH is 1. The van der Waals surface area contributed by atoms with Gasteiger partial charge in [0.05, 0.1) is 12.3 Å². The van der Waals surface area contributed by atoms with E-state index in [1.165, 1.54) is 0 Å². The van der Waals surface area contributed by atoms with Gasteiger partial charge in [0.1, 0.15) is 11.9 Å². The monoisotopic (exact) mass is 260 g/mol. The highest BCUT2D eigenvalue weighted by Gasteiger charge is 2.13. The van der Waals surface area contributed by atoms with E-state index < -0.39 is 6.10 Å². The minimum absolute atomic E-state index is 0.655. The summed E-state index contributed by atoms with van der Waals surface area (Å²) >= 11 is 0. The van der Waals surface area contributed by atoms with E-state index in [0.29, 0.717) is 0 Å². The summed E-state index contributed by atoms with van der Waals surface area (Å²) in [7, 11) is 1.82. The number of rotatable bonds is 6. The maximum Gasteiger partial charge on any atom is 0.121 e. The molecule has 0 radical (unpaired) electrons. The Hall–Kier alpha value is -1.81. The lowest BCUT2D eigenvalue weighted by atomic mass is 10.1. The minimum atomic E-state index is -0.655. The van der Waals surface area contributed by atoms with Gasteiger partial charge >= 0.3 is 0 Å². The molecule has 0 aliphatic rings. The van der Waals surface area contributed by atoms with Crippen molar-refractivity contribution in [3.05, 3.63) is 47.8 Å². The van der Waals surface area contributed by atoms with Crippen LogP contribution >= 0.6 is 0 Å². The first-order valence-electron chi connectivity index (χ1n) is 6.61. The summed E-state index contributed by atoms with van der Waals surface area (Å²) in [6.45, 7) is 2.87. The van der Waals surface area contributed by atoms with Gasteiger partial charge in [-0.05, 0) is 30.2 Å². The largest absolute Gasteiger partial charge is 0.494 e. The topological polar surface area (TPSA) is 47.3 Å². The molecule has 19 heavy (non-hydrogen) atoms. The summed E-state index contributed by atoms with van der Waals surface area (Å²) in [6, 6.07) is 9.38. The standard InChI is InChI=1S/C15H20N2O2/c1-3-4-11-19-13-7-5-12(6-8-13)15(18)14-9-10-16-17(14)2/h5-10,15,18H,3-4,11H2,1-2H3. The van der Waals surface area contributed by atoms with Gasteiger partial charge in [-0.15, -0.1) is 0 Å². The molecule has 1 unspecified atom stereocenters. The molecule has 0 aliphatic carbocycles. The predicted molar refractivity (Wildman–Crippen MR) is 74.1 cm³/mol. The van der Waals surface area contributed by atoms with Crippen LogP contribution in [0.4, 0.5) is 0 Å². The summed E-state index contributed by atoms with van der Waals surface area (Å²) in [5, 5.41) is 14.3. The molecule has 102 valence electrons. The van der Waals surface area contributed by atoms with Gasteiger partial charge in [-0.1, -0.05) is 25.5 Å². The van der Waals surface area contributed by atoms with Gasteiger partial charge in [0.2, 0.25) is 0 Å². The lowest BCUT2D eigenvalue weighted by molar-refractivity contribution is 0.209. The van der Waals surface area contributed by atoms with Gasteiger partial charge in [-0.25, -0.2) is 0 Å². The van der Waals surface area contributed by atoms with Crippen LogP contribution in [0.3, 0.4) is 0 Å². The highest BCUT2D eigenvalue weighted by Crippen LogP contribution is 2.23. The van der Waals surface area contributed by atoms with Crippen molar-refractivity contribution < 1.29 is 9.84 Å². The first-order valence-corrected chi connectivity index (χ1v) is 6.61. The molecule has 1 aromatic heterocycles. The fourth-order valence-electron chi connectivity index (χ4n) is 1.90. The van der Waals surface area contributed by atoms with Gasteiger partial charge in [-0.3, -0.25) is 4.68 Å². The third kappa shape index (κ3) is 3.35. The number of ether oxygens (including phenoxy) is 1. The van der Waals surface area contributed by atoms with Crippen LogP contribution in [0, 0.1) is 0 Å². The van der Waals surface area contributed by atoms with E-state index in [4.69, 9.17) is 4.74 Å². The third-order valence-electron chi connectivity index (χ3n) is 3.10. The molecule has 0 spiro atoms. The summed E-state index contributed by atoms with van der Waals surface area (Å²) in [5.41, 5.74) is 1.62. The molecule has 4 heteroatoms. The number of benzene rings is 1. The van der Waals surface area contributed by atoms with Crippen LogP contribution in [0.25, 0.3) is 0 Å². The number of unbranched alkanes of at least 4 members (excludes halogenated alkanes) is 1. The number of aliphatic hydroxyl groups is 1. The van der Waals surface area contributed by atoms with Crippen molar-refractivity contribution in [1.29, 1.82) is 0 Å². The van der Waals surface area contributed by atoms with Crippen molar-refractivity contribution in [2.75, 3.05) is 6.61 Å². The highest BCUT2D eigenvalue weighted by molar-refractivity contribution is 5.31. The van der Waals surface area contributed by atoms with Crippen LogP contribution < -0.4 is 4.74 Å². The predicted octanol–water partition coefficient (Wildman–Crippen LogP) is 2.68. The lowest BCUT2D eigenvalue weighted by Gasteiger charge is -2.12. The van der Waals surface area contributed by atoms with Crippen LogP contribution in [-0.2, 0) is 7.05 Å². The maximum atomic E-state index is 10.3. The van der Waals surface area contributed by atoms with Gasteiger partial charge in [0.25, 0.3) is 0 Å². The second-order valence-electron chi connectivity index (χ2n) is 4.55. The number of hydrogen-bond donors (Lipinski definition) is 1. The van der Waals surface area contributed by atoms with Gasteiger partial charge < -0.3 is 9.84 Å². The molecule has 1 aromatic carbocycles. The van der Waals surface area contributed by atoms with Gasteiger partial charge in [0, 0.05) is 13.2 Å². The zero-order chi connectivity index (χ0) is 13.7. The van der Waals surface area contributed by atoms with E-state index in [1.807, 2.05) is 37.4 Å². The molecule has 1 atom stereocenters. The Kier molecular flexibility index (Phi) is 4.58. The van der Waals surface area contributed by atoms with E-state index in [2.05, 4.69) is 12.0 Å². The molecule has 0 aliphatic heterocycles. The Morgan fingerprint density at radius 1 is 1.26 bits per heavy atom. The first kappa shape index (κ1) is 13.6. The molecule has 0 fully saturated rings. The van der Waals surface area contributed by atoms with Crippen LogP contribution in [0.1, 0.15) is 37.1 Å². The van der Waals surface area contributed by atoms with E-state index in [-0.39, 0.29) is 0 Å². The first-order chi connectivity index (χ1) is 9.22. The summed E-state index contributed by atoms with van der Waals surface area (Å²) in [5.74, 6) is 0.842. The molecule has 0 amide bonds. The Balaban J connectivity index is 2.04. The quantitative estimate of drug-likeness (QED) is 0.812. The summed E-state index contributed by atoms with van der Waals surface area (Å²) in [4.78, 5) is 0. The number of aromatic nitrogens is 2. The normalized spacial score (nSPS) is 12.4. The molecule has 1 N–H and O–H groups in total. The Morgan fingerprint density at radius 3 is 2.58 bits per heavy atom. The molecule has 2 rings (SSSR count). The van der Waals surface area contributed by atoms with Crippen molar-refractivity contribution in [2.24, 2.45) is 7.05 Å². The van der Waals surface area contributed by atoms with E-state index in [0.717, 1.165) is 36.5 Å². The van der Waals surface area contributed by atoms with Crippen molar-refractivity contribution in [3.8, 4) is 5.75 Å². The zero-order valence-electron chi connectivity index (χ0n) is 11.4. The van der Waals surface area contributed by atoms with Crippen molar-refractivity contribution in [2.45, 2.75) is 25.9 Å². The van der Waals surface area contributed by atoms with Crippen molar-refractivity contribution >= 4 is 0 Å². The smallest absolute Gasteiger partial charge is 0.121 e. The molecular formula is C15H20N2O2. The number of aryl methyl sites for hydroxylation is 1. The highest BCUT2D eigenvalue weighted by atomic mass is 16.5. The average molecular weight is 260 g/mol. The molecule has 4 nitrogen and oxygen atoms in total. The molecule has 0 saturated carbocycles. The SMILES string of the molecule is CCCCOc1ccc(C(O)c2ccnn2C)cc1. The summed E-state index contributed by atoms with van der Waals surface area (Å²) in [6.07, 6.45) is 3.20. The molecule has 1 heterocycles. The zero-order valence-corrected chi connectivity index (χ0v) is 11.4. The molecule has 0 bridgehead atoms. The lowest BCUT2D eigenvalue weighted by Crippen LogP contribution is -2.06. The average Bonchev–Trinajstić information content (AvgIpc) is 2.85. The number of nitrogens with zero attached hydrogens (tertiary/aromatic N) is 2. The maximum absolute atomic E-state index is 10.3. The second-order valence-corrected chi connectivity index (χ2v) is 4.55. The number of hydrogen-bond acceptors (Lipinski definition) is 3. The Bertz CT molecular complexity index is 505. The van der Waals surface area contributed by atoms with Crippen LogP contribution in [0.2, 0.25) is 0 Å². The molecule has 0 saturated heterocycles. The molecule has 2 aromatic rings. The van der Waals surface area contributed by atoms with Gasteiger partial charge in [-0.2, -0.15) is 5.10 Å². The Labute approximate surface area is 113 Å². The fraction of sp³-hybridized carbons (Fsp3) is 0.400. The second kappa shape index (κ2) is 6.38. The van der Waals surface area contributed by atoms with E-state index in [9.17, 15) is 5.11 Å². The fourth-order valence-corrected chi connectivity index (χ4v) is 1.90. The van der Waals surface area contributed by atoms with Crippen molar-refractivity contribution in [1.82, 2.24) is 9.78 Å². The van der Waals surface area contributed by atoms with Crippen LogP contribution in [0.15, 0.2) is 36.5 Å². The summed E-state index contributed by atoms with van der Waals surface area (Å²) < 4.78 is 7.27. The minimum Gasteiger partial charge on any atom is -0.494 e. The van der Waals surface area contributed by atoms with E-state index in [1.54, 1.807) is 10.9 Å². The van der Waals surface area contributed by atoms with Crippen LogP contribution in [-0.4, -0.2) is 21.5 Å². The van der Waals surface area contributed by atoms with E-state index >= 15 is 0 Å². The van der Waals surface area contributed by atoms with Crippen LogP contribution in [0.5, 0.6) is 5.75 Å². The molecular weight excluding hydrogens is 240 g/mol. The Morgan fingerprint density at radius 2 is 2.00 bits per heavy atom. The van der Waals surface area contributed by atoms with Gasteiger partial charge in [0.15, 0.2) is 0 Å².